The Bertz CT molecular complexity index is 563. The molecule has 20 heavy (non-hydrogen) atoms. The topological polar surface area (TPSA) is 78.8 Å². The van der Waals surface area contributed by atoms with Crippen molar-refractivity contribution in [1.82, 2.24) is 5.32 Å². The lowest BCUT2D eigenvalue weighted by atomic mass is 10.2. The molecular formula is C15H15NO4. The minimum absolute atomic E-state index is 0.157. The molecule has 0 heterocycles. The molecule has 0 fully saturated rings. The van der Waals surface area contributed by atoms with Crippen LogP contribution in [0.25, 0.3) is 0 Å². The first kappa shape index (κ1) is 13.7. The van der Waals surface area contributed by atoms with Crippen LogP contribution in [0.4, 0.5) is 0 Å². The van der Waals surface area contributed by atoms with Gasteiger partial charge >= 0.3 is 0 Å². The number of para-hydroxylation sites is 1. The Labute approximate surface area is 116 Å². The van der Waals surface area contributed by atoms with Crippen LogP contribution in [0.15, 0.2) is 48.5 Å². The van der Waals surface area contributed by atoms with E-state index in [0.29, 0.717) is 13.2 Å². The van der Waals surface area contributed by atoms with Gasteiger partial charge in [0.1, 0.15) is 23.9 Å². The van der Waals surface area contributed by atoms with Gasteiger partial charge in [-0.1, -0.05) is 18.2 Å². The Morgan fingerprint density at radius 2 is 1.70 bits per heavy atom. The third-order valence-electron chi connectivity index (χ3n) is 2.56. The maximum atomic E-state index is 11.8. The van der Waals surface area contributed by atoms with Crippen LogP contribution in [0.1, 0.15) is 10.4 Å². The molecule has 5 nitrogen and oxygen atoms in total. The first-order valence-electron chi connectivity index (χ1n) is 6.14. The second-order valence-electron chi connectivity index (χ2n) is 4.16. The molecule has 0 atom stereocenters. The SMILES string of the molecule is O=C(NCCOc1ccccc1)c1cc(O)cc(O)c1. The highest BCUT2D eigenvalue weighted by molar-refractivity contribution is 5.95. The van der Waals surface area contributed by atoms with Gasteiger partial charge in [-0.15, -0.1) is 0 Å². The zero-order valence-electron chi connectivity index (χ0n) is 10.7. The van der Waals surface area contributed by atoms with Crippen LogP contribution in [0.3, 0.4) is 0 Å². The summed E-state index contributed by atoms with van der Waals surface area (Å²) in [5, 5.41) is 21.2. The molecule has 2 rings (SSSR count). The van der Waals surface area contributed by atoms with Crippen molar-refractivity contribution in [3.05, 3.63) is 54.1 Å². The van der Waals surface area contributed by atoms with Crippen molar-refractivity contribution in [2.45, 2.75) is 0 Å². The van der Waals surface area contributed by atoms with Crippen LogP contribution in [0.2, 0.25) is 0 Å². The van der Waals surface area contributed by atoms with Crippen molar-refractivity contribution < 1.29 is 19.7 Å². The molecule has 104 valence electrons. The van der Waals surface area contributed by atoms with Crippen molar-refractivity contribution in [2.75, 3.05) is 13.2 Å². The van der Waals surface area contributed by atoms with Crippen LogP contribution in [-0.4, -0.2) is 29.3 Å². The third kappa shape index (κ3) is 3.91. The smallest absolute Gasteiger partial charge is 0.251 e. The summed E-state index contributed by atoms with van der Waals surface area (Å²) in [5.74, 6) is 0.0379. The number of aromatic hydroxyl groups is 2. The maximum absolute atomic E-state index is 11.8. The number of phenols is 2. The van der Waals surface area contributed by atoms with Gasteiger partial charge in [0.25, 0.3) is 5.91 Å². The Morgan fingerprint density at radius 3 is 2.35 bits per heavy atom. The number of hydrogen-bond donors (Lipinski definition) is 3. The predicted octanol–water partition coefficient (Wildman–Crippen LogP) is 1.91. The summed E-state index contributed by atoms with van der Waals surface area (Å²) in [6.45, 7) is 0.657. The molecule has 0 aliphatic heterocycles. The van der Waals surface area contributed by atoms with E-state index in [0.717, 1.165) is 11.8 Å². The van der Waals surface area contributed by atoms with Crippen LogP contribution in [-0.2, 0) is 0 Å². The molecule has 1 amide bonds. The maximum Gasteiger partial charge on any atom is 0.251 e. The van der Waals surface area contributed by atoms with Crippen molar-refractivity contribution in [3.63, 3.8) is 0 Å². The Kier molecular flexibility index (Phi) is 4.44. The Hall–Kier alpha value is -2.69. The van der Waals surface area contributed by atoms with Crippen LogP contribution >= 0.6 is 0 Å². The summed E-state index contributed by atoms with van der Waals surface area (Å²) in [4.78, 5) is 11.8. The van der Waals surface area contributed by atoms with Gasteiger partial charge in [-0.3, -0.25) is 4.79 Å². The molecule has 2 aromatic rings. The quantitative estimate of drug-likeness (QED) is 0.727. The molecule has 0 saturated carbocycles. The van der Waals surface area contributed by atoms with Gasteiger partial charge in [0.15, 0.2) is 0 Å². The van der Waals surface area contributed by atoms with Crippen molar-refractivity contribution >= 4 is 5.91 Å². The fraction of sp³-hybridized carbons (Fsp3) is 0.133. The normalized spacial score (nSPS) is 10.0. The zero-order valence-corrected chi connectivity index (χ0v) is 10.7. The summed E-state index contributed by atoms with van der Waals surface area (Å²) in [6.07, 6.45) is 0. The van der Waals surface area contributed by atoms with Gasteiger partial charge in [-0.25, -0.2) is 0 Å². The van der Waals surface area contributed by atoms with E-state index < -0.39 is 0 Å². The summed E-state index contributed by atoms with van der Waals surface area (Å²) >= 11 is 0. The standard InChI is InChI=1S/C15H15NO4/c17-12-8-11(9-13(18)10-12)15(19)16-6-7-20-14-4-2-1-3-5-14/h1-5,8-10,17-18H,6-7H2,(H,16,19). The van der Waals surface area contributed by atoms with Gasteiger partial charge in [0.05, 0.1) is 6.54 Å². The number of hydrogen-bond acceptors (Lipinski definition) is 4. The lowest BCUT2D eigenvalue weighted by molar-refractivity contribution is 0.0946. The highest BCUT2D eigenvalue weighted by Gasteiger charge is 2.07. The third-order valence-corrected chi connectivity index (χ3v) is 2.56. The molecule has 0 unspecified atom stereocenters. The Morgan fingerprint density at radius 1 is 1.05 bits per heavy atom. The lowest BCUT2D eigenvalue weighted by Gasteiger charge is -2.08. The number of benzene rings is 2. The minimum Gasteiger partial charge on any atom is -0.508 e. The van der Waals surface area contributed by atoms with E-state index in [-0.39, 0.29) is 23.0 Å². The number of carbonyl (C=O) groups excluding carboxylic acids is 1. The highest BCUT2D eigenvalue weighted by Crippen LogP contribution is 2.20. The minimum atomic E-state index is -0.382. The predicted molar refractivity (Wildman–Crippen MR) is 74.0 cm³/mol. The molecule has 0 bridgehead atoms. The van der Waals surface area contributed by atoms with Gasteiger partial charge in [-0.2, -0.15) is 0 Å². The van der Waals surface area contributed by atoms with E-state index in [9.17, 15) is 15.0 Å². The summed E-state index contributed by atoms with van der Waals surface area (Å²) in [5.41, 5.74) is 0.196. The molecule has 0 aromatic heterocycles. The van der Waals surface area contributed by atoms with E-state index in [2.05, 4.69) is 5.32 Å². The van der Waals surface area contributed by atoms with Gasteiger partial charge in [-0.05, 0) is 24.3 Å². The molecule has 0 aliphatic carbocycles. The van der Waals surface area contributed by atoms with E-state index in [1.165, 1.54) is 12.1 Å². The van der Waals surface area contributed by atoms with Gasteiger partial charge < -0.3 is 20.3 Å². The van der Waals surface area contributed by atoms with Crippen molar-refractivity contribution in [3.8, 4) is 17.2 Å². The molecular weight excluding hydrogens is 258 g/mol. The first-order valence-corrected chi connectivity index (χ1v) is 6.14. The van der Waals surface area contributed by atoms with E-state index in [1.54, 1.807) is 0 Å². The number of amides is 1. The van der Waals surface area contributed by atoms with E-state index >= 15 is 0 Å². The highest BCUT2D eigenvalue weighted by atomic mass is 16.5. The Balaban J connectivity index is 1.80. The fourth-order valence-electron chi connectivity index (χ4n) is 1.68. The second-order valence-corrected chi connectivity index (χ2v) is 4.16. The van der Waals surface area contributed by atoms with Crippen LogP contribution in [0, 0.1) is 0 Å². The van der Waals surface area contributed by atoms with Gasteiger partial charge in [0.2, 0.25) is 0 Å². The molecule has 0 aliphatic rings. The van der Waals surface area contributed by atoms with Crippen LogP contribution in [0.5, 0.6) is 17.2 Å². The first-order chi connectivity index (χ1) is 9.65. The van der Waals surface area contributed by atoms with Crippen molar-refractivity contribution in [1.29, 1.82) is 0 Å². The molecule has 0 radical (unpaired) electrons. The molecule has 0 spiro atoms. The number of phenolic OH excluding ortho intramolecular Hbond substituents is 2. The molecule has 0 saturated heterocycles. The van der Waals surface area contributed by atoms with Crippen LogP contribution < -0.4 is 10.1 Å². The van der Waals surface area contributed by atoms with Gasteiger partial charge in [0, 0.05) is 11.6 Å². The monoisotopic (exact) mass is 273 g/mol. The summed E-state index contributed by atoms with van der Waals surface area (Å²) in [7, 11) is 0. The van der Waals surface area contributed by atoms with E-state index in [1.807, 2.05) is 30.3 Å². The largest absolute Gasteiger partial charge is 0.508 e. The fourth-order valence-corrected chi connectivity index (χ4v) is 1.68. The van der Waals surface area contributed by atoms with Crippen molar-refractivity contribution in [2.24, 2.45) is 0 Å². The average molecular weight is 273 g/mol. The zero-order chi connectivity index (χ0) is 14.4. The summed E-state index contributed by atoms with van der Waals surface area (Å²) in [6, 6.07) is 13.0. The second kappa shape index (κ2) is 6.47. The molecule has 2 aromatic carbocycles. The number of nitrogens with one attached hydrogen (secondary N) is 1. The number of ether oxygens (including phenoxy) is 1. The summed E-state index contributed by atoms with van der Waals surface area (Å²) < 4.78 is 5.43. The number of rotatable bonds is 5. The average Bonchev–Trinajstić information content (AvgIpc) is 2.43. The lowest BCUT2D eigenvalue weighted by Crippen LogP contribution is -2.28. The number of carbonyl (C=O) groups is 1. The van der Waals surface area contributed by atoms with E-state index in [4.69, 9.17) is 4.74 Å². The molecule has 3 N–H and O–H groups in total. The molecule has 5 heteroatoms.